The number of fused-ring (bicyclic) bond motifs is 1. The molecule has 16 amide bonds. The third kappa shape index (κ3) is 35.5. The molecule has 15 atom stereocenters. The number of nitrogens with zero attached hydrogens (tertiary/aromatic N) is 1. The van der Waals surface area contributed by atoms with Crippen LogP contribution in [0, 0.1) is 23.2 Å². The minimum Gasteiger partial charge on any atom is -0.481 e. The van der Waals surface area contributed by atoms with Gasteiger partial charge in [0, 0.05) is 66.3 Å². The number of hydrogen-bond donors (Lipinski definition) is 29. The van der Waals surface area contributed by atoms with E-state index in [2.05, 4.69) is 120 Å². The van der Waals surface area contributed by atoms with Crippen molar-refractivity contribution in [3.05, 3.63) is 54.2 Å². The van der Waals surface area contributed by atoms with Gasteiger partial charge in [-0.25, -0.2) is 9.78 Å². The van der Waals surface area contributed by atoms with Crippen LogP contribution in [-0.4, -0.2) is 282 Å². The van der Waals surface area contributed by atoms with E-state index < -0.39 is 273 Å². The van der Waals surface area contributed by atoms with E-state index in [1.165, 1.54) is 18.7 Å². The fraction of sp³-hybridized carbons (Fsp3) is 0.577. The lowest BCUT2D eigenvalue weighted by Crippen LogP contribution is -2.62. The number of carbonyl (C=O) groups is 18. The Balaban J connectivity index is 1.95. The highest BCUT2D eigenvalue weighted by molar-refractivity contribution is 7.80. The Bertz CT molecular complexity index is 4020. The van der Waals surface area contributed by atoms with E-state index in [4.69, 9.17) is 28.3 Å². The number of carbonyl (C=O) groups excluding carboxylic acids is 16. The molecule has 119 heavy (non-hydrogen) atoms. The summed E-state index contributed by atoms with van der Waals surface area (Å²) < 4.78 is 0. The molecule has 0 spiro atoms. The molecule has 31 N–H and O–H groups in total. The van der Waals surface area contributed by atoms with Gasteiger partial charge in [0.1, 0.15) is 78.5 Å². The Hall–Kier alpha value is -11.8. The number of amides is 16. The molecule has 0 saturated carbocycles. The van der Waals surface area contributed by atoms with Crippen LogP contribution in [0.4, 0.5) is 0 Å². The van der Waals surface area contributed by atoms with Crippen molar-refractivity contribution in [1.29, 1.82) is 5.41 Å². The molecular weight excluding hydrogens is 1610 g/mol. The molecule has 46 nitrogen and oxygen atoms in total. The molecule has 2 heterocycles. The predicted molar refractivity (Wildman–Crippen MR) is 429 cm³/mol. The highest BCUT2D eigenvalue weighted by atomic mass is 32.1. The number of aliphatic hydroxyl groups is 3. The number of aromatic amines is 2. The largest absolute Gasteiger partial charge is 0.481 e. The first kappa shape index (κ1) is 101. The van der Waals surface area contributed by atoms with E-state index in [9.17, 15) is 112 Å². The summed E-state index contributed by atoms with van der Waals surface area (Å²) in [6.07, 6.45) is -0.491. The standard InChI is InChI=1S/C71H111N23O23S2/c1-7-34(6)56(70(116)117)94-69(115)51(30-119)93-66(112)48(26-95)82-54(100)25-80-58(104)45(20-36-24-77-31-81-36)88-62(108)43(18-33(4)5)86-65(111)47(22-55(101)102)90-68(114)50(28-97)92-63(109)44(19-35-23-79-39-12-9-8-11-37(35)39)87-61(107)42(17-32(2)3)85-60(106)41(14-15-52(73)98)84-64(110)46(21-53(74)99)89-59(105)40(13-10-16-78-71(75)76)83-67(113)49(27-96)91-57(103)38(72)29-118/h8-9,11-12,23-24,31-34,38,40-51,56,79,95-97,118-119H,7,10,13-22,25-30,72H2,1-6H3,(H2,73,98)(H2,74,99)(H,77,81)(H,80,104)(H,82,100)(H,83,113)(H,84,110)(H,85,106)(H,86,111)(H,87,107)(H,88,108)(H,89,105)(H,90,114)(H,91,103)(H,92,109)(H,93,112)(H,94,115)(H,101,102)(H,116,117)(H4,75,76,78)/t34-,38-,40-,41-,42-,43-,44-,45-,46-,47-,48-,49-,50-,51-,56-/m0/s1. The lowest BCUT2D eigenvalue weighted by Gasteiger charge is -2.28. The Kier molecular flexibility index (Phi) is 43.8. The third-order valence-corrected chi connectivity index (χ3v) is 18.8. The van der Waals surface area contributed by atoms with Gasteiger partial charge < -0.3 is 138 Å². The summed E-state index contributed by atoms with van der Waals surface area (Å²) >= 11 is 8.02. The molecule has 2 aromatic heterocycles. The lowest BCUT2D eigenvalue weighted by molar-refractivity contribution is -0.144. The summed E-state index contributed by atoms with van der Waals surface area (Å²) in [7, 11) is 0. The van der Waals surface area contributed by atoms with Gasteiger partial charge >= 0.3 is 11.9 Å². The van der Waals surface area contributed by atoms with Crippen LogP contribution < -0.4 is 103 Å². The molecule has 3 rings (SSSR count). The van der Waals surface area contributed by atoms with Crippen molar-refractivity contribution in [3.8, 4) is 0 Å². The summed E-state index contributed by atoms with van der Waals surface area (Å²) in [5, 5.41) is 93.7. The molecule has 0 aliphatic carbocycles. The quantitative estimate of drug-likeness (QED) is 0.0108. The van der Waals surface area contributed by atoms with Crippen molar-refractivity contribution in [3.63, 3.8) is 0 Å². The summed E-state index contributed by atoms with van der Waals surface area (Å²) in [6.45, 7) is 5.56. The second-order valence-corrected chi connectivity index (χ2v) is 29.3. The van der Waals surface area contributed by atoms with Gasteiger partial charge in [0.05, 0.1) is 51.6 Å². The first-order valence-electron chi connectivity index (χ1n) is 37.7. The fourth-order valence-electron chi connectivity index (χ4n) is 11.4. The van der Waals surface area contributed by atoms with Gasteiger partial charge in [-0.15, -0.1) is 0 Å². The Labute approximate surface area is 693 Å². The topological polar surface area (TPSA) is 761 Å². The number of guanidine groups is 1. The number of H-pyrrole nitrogens is 2. The molecule has 0 fully saturated rings. The average Bonchev–Trinajstić information content (AvgIpc) is 1.71. The number of hydrogen-bond acceptors (Lipinski definition) is 26. The molecule has 0 saturated heterocycles. The van der Waals surface area contributed by atoms with Gasteiger partial charge in [0.2, 0.25) is 94.5 Å². The maximum Gasteiger partial charge on any atom is 0.326 e. The average molecular weight is 1720 g/mol. The lowest BCUT2D eigenvalue weighted by atomic mass is 9.99. The maximum absolute atomic E-state index is 14.8. The van der Waals surface area contributed by atoms with Crippen LogP contribution >= 0.6 is 25.3 Å². The summed E-state index contributed by atoms with van der Waals surface area (Å²) in [4.78, 5) is 253. The maximum atomic E-state index is 14.8. The first-order chi connectivity index (χ1) is 56.1. The van der Waals surface area contributed by atoms with Gasteiger partial charge in [-0.2, -0.15) is 25.3 Å². The second-order valence-electron chi connectivity index (χ2n) is 28.6. The van der Waals surface area contributed by atoms with Crippen LogP contribution in [0.2, 0.25) is 0 Å². The van der Waals surface area contributed by atoms with E-state index >= 15 is 0 Å². The van der Waals surface area contributed by atoms with Crippen LogP contribution in [0.25, 0.3) is 10.9 Å². The Morgan fingerprint density at radius 3 is 1.39 bits per heavy atom. The van der Waals surface area contributed by atoms with Crippen molar-refractivity contribution in [2.45, 2.75) is 197 Å². The van der Waals surface area contributed by atoms with Crippen LogP contribution in [0.15, 0.2) is 43.0 Å². The zero-order valence-electron chi connectivity index (χ0n) is 66.3. The van der Waals surface area contributed by atoms with E-state index in [0.717, 1.165) is 0 Å². The minimum absolute atomic E-state index is 0.00989. The molecule has 3 aromatic rings. The highest BCUT2D eigenvalue weighted by Crippen LogP contribution is 2.21. The SMILES string of the molecule is CC[C@H](C)[C@H](NC(=O)[C@H](CS)NC(=O)[C@H](CO)NC(=O)CNC(=O)[C@H](Cc1cnc[nH]1)NC(=O)[C@H](CC(C)C)NC(=O)[C@H](CC(=O)O)NC(=O)[C@H](CO)NC(=O)[C@H](Cc1c[nH]c2ccccc12)NC(=O)[C@H](CC(C)C)NC(=O)[C@H](CCC(N)=O)NC(=O)[C@H](CC(N)=O)NC(=O)[C@H](CCCNC(=N)N)NC(=O)[C@H](CO)NC(=O)[C@@H](N)CS)C(=O)O. The normalized spacial score (nSPS) is 14.9. The zero-order valence-corrected chi connectivity index (χ0v) is 68.1. The molecule has 0 radical (unpaired) electrons. The van der Waals surface area contributed by atoms with Gasteiger partial charge in [0.15, 0.2) is 5.96 Å². The third-order valence-electron chi connectivity index (χ3n) is 18.0. The van der Waals surface area contributed by atoms with Gasteiger partial charge in [-0.1, -0.05) is 66.2 Å². The number of carboxylic acids is 2. The smallest absolute Gasteiger partial charge is 0.326 e. The summed E-state index contributed by atoms with van der Waals surface area (Å²) in [6, 6.07) is -17.0. The van der Waals surface area contributed by atoms with E-state index in [1.807, 2.05) is 0 Å². The molecular formula is C71H111N23O23S2. The van der Waals surface area contributed by atoms with Crippen LogP contribution in [-0.2, 0) is 99.1 Å². The highest BCUT2D eigenvalue weighted by Gasteiger charge is 2.39. The summed E-state index contributed by atoms with van der Waals surface area (Å²) in [5.41, 5.74) is 23.2. The number of imidazole rings is 1. The number of thiol groups is 2. The molecule has 660 valence electrons. The van der Waals surface area contributed by atoms with Crippen molar-refractivity contribution in [2.24, 2.45) is 40.7 Å². The number of nitrogens with two attached hydrogens (primary N) is 4. The number of benzene rings is 1. The molecule has 0 bridgehead atoms. The fourth-order valence-corrected chi connectivity index (χ4v) is 11.9. The molecule has 0 aliphatic rings. The van der Waals surface area contributed by atoms with E-state index in [0.29, 0.717) is 22.9 Å². The number of rotatable bonds is 55. The van der Waals surface area contributed by atoms with Crippen molar-refractivity contribution >= 4 is 149 Å². The number of aliphatic carboxylic acids is 2. The number of nitrogens with one attached hydrogen (secondary N) is 18. The molecule has 0 unspecified atom stereocenters. The van der Waals surface area contributed by atoms with Gasteiger partial charge in [-0.3, -0.25) is 86.9 Å². The van der Waals surface area contributed by atoms with Crippen LogP contribution in [0.3, 0.4) is 0 Å². The Morgan fingerprint density at radius 2 is 0.924 bits per heavy atom. The van der Waals surface area contributed by atoms with E-state index in [-0.39, 0.29) is 55.8 Å². The van der Waals surface area contributed by atoms with Crippen molar-refractivity contribution in [1.82, 2.24) is 94.7 Å². The number of aromatic nitrogens is 3. The Morgan fingerprint density at radius 1 is 0.487 bits per heavy atom. The molecule has 0 aliphatic heterocycles. The zero-order chi connectivity index (χ0) is 89.5. The second kappa shape index (κ2) is 51.4. The van der Waals surface area contributed by atoms with Crippen molar-refractivity contribution < 1.29 is 112 Å². The van der Waals surface area contributed by atoms with Crippen LogP contribution in [0.5, 0.6) is 0 Å². The minimum atomic E-state index is -2.10. The van der Waals surface area contributed by atoms with Gasteiger partial charge in [-0.05, 0) is 61.5 Å². The van der Waals surface area contributed by atoms with Crippen molar-refractivity contribution in [2.75, 3.05) is 44.4 Å². The number of carboxylic acid groups (broad SMARTS) is 2. The number of aliphatic hydroxyl groups excluding tert-OH is 3. The molecule has 1 aromatic carbocycles. The molecule has 48 heteroatoms. The predicted octanol–water partition coefficient (Wildman–Crippen LogP) is -9.64. The summed E-state index contributed by atoms with van der Waals surface area (Å²) in [5.74, 6) is -23.5. The number of primary amides is 2. The number of para-hydroxylation sites is 1. The monoisotopic (exact) mass is 1720 g/mol. The van der Waals surface area contributed by atoms with Crippen LogP contribution in [0.1, 0.15) is 111 Å². The van der Waals surface area contributed by atoms with E-state index in [1.54, 1.807) is 65.8 Å². The van der Waals surface area contributed by atoms with Gasteiger partial charge in [0.25, 0.3) is 0 Å². The first-order valence-corrected chi connectivity index (χ1v) is 39.0.